The Morgan fingerprint density at radius 1 is 1.25 bits per heavy atom. The second-order valence-corrected chi connectivity index (χ2v) is 5.43. The quantitative estimate of drug-likeness (QED) is 0.919. The van der Waals surface area contributed by atoms with Crippen molar-refractivity contribution in [1.82, 2.24) is 9.88 Å². The first-order valence-electron chi connectivity index (χ1n) is 6.92. The third-order valence-electron chi connectivity index (χ3n) is 4.13. The fourth-order valence-corrected chi connectivity index (χ4v) is 2.86. The third kappa shape index (κ3) is 2.53. The van der Waals surface area contributed by atoms with Crippen LogP contribution in [0.25, 0.3) is 0 Å². The molecule has 1 saturated carbocycles. The minimum absolute atomic E-state index is 0.304. The van der Waals surface area contributed by atoms with E-state index in [-0.39, 0.29) is 5.91 Å². The molecule has 20 heavy (non-hydrogen) atoms. The Hall–Kier alpha value is -1.91. The van der Waals surface area contributed by atoms with E-state index in [1.165, 1.54) is 4.90 Å². The van der Waals surface area contributed by atoms with E-state index in [9.17, 15) is 14.7 Å². The molecule has 2 rings (SSSR count). The van der Waals surface area contributed by atoms with Gasteiger partial charge in [-0.05, 0) is 31.9 Å². The highest BCUT2D eigenvalue weighted by Crippen LogP contribution is 2.34. The van der Waals surface area contributed by atoms with Crippen molar-refractivity contribution < 1.29 is 14.7 Å². The van der Waals surface area contributed by atoms with Gasteiger partial charge >= 0.3 is 5.97 Å². The normalized spacial score (nSPS) is 17.5. The summed E-state index contributed by atoms with van der Waals surface area (Å²) >= 11 is 0. The van der Waals surface area contributed by atoms with Crippen LogP contribution in [-0.2, 0) is 4.79 Å². The van der Waals surface area contributed by atoms with Gasteiger partial charge in [0.25, 0.3) is 5.91 Å². The van der Waals surface area contributed by atoms with E-state index in [0.717, 1.165) is 25.0 Å². The van der Waals surface area contributed by atoms with Gasteiger partial charge in [0.15, 0.2) is 0 Å². The van der Waals surface area contributed by atoms with Gasteiger partial charge in [0.1, 0.15) is 11.2 Å². The first kappa shape index (κ1) is 14.5. The molecule has 1 fully saturated rings. The molecule has 0 saturated heterocycles. The number of hydrogen-bond acceptors (Lipinski definition) is 3. The lowest BCUT2D eigenvalue weighted by Gasteiger charge is -2.40. The van der Waals surface area contributed by atoms with Crippen LogP contribution in [0.3, 0.4) is 0 Å². The van der Waals surface area contributed by atoms with Crippen LogP contribution in [0.5, 0.6) is 0 Å². The second-order valence-electron chi connectivity index (χ2n) is 5.43. The molecule has 5 nitrogen and oxygen atoms in total. The Bertz CT molecular complexity index is 522. The molecule has 1 aliphatic rings. The summed E-state index contributed by atoms with van der Waals surface area (Å²) in [4.78, 5) is 29.8. The molecule has 0 aromatic carbocycles. The molecule has 0 atom stereocenters. The smallest absolute Gasteiger partial charge is 0.329 e. The highest BCUT2D eigenvalue weighted by atomic mass is 16.4. The van der Waals surface area contributed by atoms with Gasteiger partial charge in [-0.15, -0.1) is 0 Å². The predicted molar refractivity (Wildman–Crippen MR) is 74.5 cm³/mol. The van der Waals surface area contributed by atoms with Crippen LogP contribution in [0.15, 0.2) is 18.2 Å². The van der Waals surface area contributed by atoms with Gasteiger partial charge in [-0.25, -0.2) is 9.78 Å². The van der Waals surface area contributed by atoms with Crippen LogP contribution >= 0.6 is 0 Å². The first-order chi connectivity index (χ1) is 9.47. The number of rotatable bonds is 3. The van der Waals surface area contributed by atoms with Gasteiger partial charge in [-0.1, -0.05) is 25.3 Å². The van der Waals surface area contributed by atoms with E-state index >= 15 is 0 Å². The van der Waals surface area contributed by atoms with Gasteiger partial charge < -0.3 is 10.0 Å². The Balaban J connectivity index is 2.30. The molecular formula is C15H20N2O3. The van der Waals surface area contributed by atoms with Crippen LogP contribution in [0, 0.1) is 6.92 Å². The van der Waals surface area contributed by atoms with E-state index in [4.69, 9.17) is 0 Å². The fourth-order valence-electron chi connectivity index (χ4n) is 2.86. The van der Waals surface area contributed by atoms with Crippen molar-refractivity contribution in [3.63, 3.8) is 0 Å². The van der Waals surface area contributed by atoms with Crippen molar-refractivity contribution in [2.75, 3.05) is 7.05 Å². The number of pyridine rings is 1. The van der Waals surface area contributed by atoms with E-state index < -0.39 is 11.5 Å². The zero-order chi connectivity index (χ0) is 14.8. The highest BCUT2D eigenvalue weighted by molar-refractivity contribution is 5.96. The maximum absolute atomic E-state index is 12.5. The number of aryl methyl sites for hydroxylation is 1. The molecule has 1 amide bonds. The molecule has 0 aliphatic heterocycles. The molecule has 0 bridgehead atoms. The Morgan fingerprint density at radius 2 is 1.90 bits per heavy atom. The van der Waals surface area contributed by atoms with E-state index in [0.29, 0.717) is 18.5 Å². The number of likely N-dealkylation sites (N-methyl/N-ethyl adjacent to an activating group) is 1. The van der Waals surface area contributed by atoms with Crippen molar-refractivity contribution in [3.05, 3.63) is 29.6 Å². The van der Waals surface area contributed by atoms with Crippen LogP contribution in [0.2, 0.25) is 0 Å². The largest absolute Gasteiger partial charge is 0.479 e. The lowest BCUT2D eigenvalue weighted by molar-refractivity contribution is -0.151. The number of carboxylic acids is 1. The van der Waals surface area contributed by atoms with Gasteiger partial charge in [-0.3, -0.25) is 4.79 Å². The monoisotopic (exact) mass is 276 g/mol. The predicted octanol–water partition coefficient (Wildman–Crippen LogP) is 2.25. The van der Waals surface area contributed by atoms with E-state index in [1.807, 2.05) is 13.0 Å². The topological polar surface area (TPSA) is 70.5 Å². The molecule has 5 heteroatoms. The third-order valence-corrected chi connectivity index (χ3v) is 4.13. The Morgan fingerprint density at radius 3 is 2.45 bits per heavy atom. The minimum atomic E-state index is -1.08. The molecule has 1 heterocycles. The summed E-state index contributed by atoms with van der Waals surface area (Å²) in [6.07, 6.45) is 3.73. The molecule has 0 spiro atoms. The Labute approximate surface area is 118 Å². The second kappa shape index (κ2) is 5.61. The molecule has 108 valence electrons. The number of aromatic nitrogens is 1. The summed E-state index contributed by atoms with van der Waals surface area (Å²) in [5.74, 6) is -1.24. The zero-order valence-electron chi connectivity index (χ0n) is 11.9. The number of hydrogen-bond donors (Lipinski definition) is 1. The highest BCUT2D eigenvalue weighted by Gasteiger charge is 2.45. The maximum atomic E-state index is 12.5. The number of carboxylic acid groups (broad SMARTS) is 1. The summed E-state index contributed by atoms with van der Waals surface area (Å²) in [6.45, 7) is 1.81. The van der Waals surface area contributed by atoms with Gasteiger partial charge in [0, 0.05) is 12.7 Å². The van der Waals surface area contributed by atoms with Crippen molar-refractivity contribution in [3.8, 4) is 0 Å². The SMILES string of the molecule is Cc1cccc(C(=O)N(C)C2(C(=O)O)CCCCC2)n1. The average Bonchev–Trinajstić information content (AvgIpc) is 2.46. The Kier molecular flexibility index (Phi) is 4.06. The summed E-state index contributed by atoms with van der Waals surface area (Å²) < 4.78 is 0. The first-order valence-corrected chi connectivity index (χ1v) is 6.92. The van der Waals surface area contributed by atoms with Crippen molar-refractivity contribution >= 4 is 11.9 Å². The lowest BCUT2D eigenvalue weighted by Crippen LogP contribution is -2.56. The average molecular weight is 276 g/mol. The molecule has 1 aliphatic carbocycles. The molecule has 1 aromatic rings. The summed E-state index contributed by atoms with van der Waals surface area (Å²) in [5.41, 5.74) is -0.0308. The number of aliphatic carboxylic acids is 1. The zero-order valence-corrected chi connectivity index (χ0v) is 11.9. The van der Waals surface area contributed by atoms with Gasteiger partial charge in [-0.2, -0.15) is 0 Å². The van der Waals surface area contributed by atoms with Crippen LogP contribution in [0.1, 0.15) is 48.3 Å². The minimum Gasteiger partial charge on any atom is -0.479 e. The molecule has 1 N–H and O–H groups in total. The van der Waals surface area contributed by atoms with Gasteiger partial charge in [0.05, 0.1) is 0 Å². The van der Waals surface area contributed by atoms with Crippen molar-refractivity contribution in [2.45, 2.75) is 44.6 Å². The number of nitrogens with zero attached hydrogens (tertiary/aromatic N) is 2. The van der Waals surface area contributed by atoms with E-state index in [2.05, 4.69) is 4.98 Å². The van der Waals surface area contributed by atoms with Crippen molar-refractivity contribution in [2.24, 2.45) is 0 Å². The fraction of sp³-hybridized carbons (Fsp3) is 0.533. The van der Waals surface area contributed by atoms with Crippen LogP contribution < -0.4 is 0 Å². The van der Waals surface area contributed by atoms with E-state index in [1.54, 1.807) is 19.2 Å². The maximum Gasteiger partial charge on any atom is 0.329 e. The summed E-state index contributed by atoms with van der Waals surface area (Å²) in [7, 11) is 1.58. The standard InChI is InChI=1S/C15H20N2O3/c1-11-7-6-8-12(16-11)13(18)17(2)15(14(19)20)9-4-3-5-10-15/h6-8H,3-5,9-10H2,1-2H3,(H,19,20). The number of carbonyl (C=O) groups is 2. The summed E-state index contributed by atoms with van der Waals surface area (Å²) in [6, 6.07) is 5.20. The molecule has 1 aromatic heterocycles. The number of amides is 1. The molecular weight excluding hydrogens is 256 g/mol. The lowest BCUT2D eigenvalue weighted by atomic mass is 9.80. The molecule has 0 unspecified atom stereocenters. The number of carbonyl (C=O) groups excluding carboxylic acids is 1. The van der Waals surface area contributed by atoms with Crippen LogP contribution in [-0.4, -0.2) is 39.5 Å². The van der Waals surface area contributed by atoms with Gasteiger partial charge in [0.2, 0.25) is 0 Å². The summed E-state index contributed by atoms with van der Waals surface area (Å²) in [5, 5.41) is 9.60. The van der Waals surface area contributed by atoms with Crippen molar-refractivity contribution in [1.29, 1.82) is 0 Å². The molecule has 0 radical (unpaired) electrons. The van der Waals surface area contributed by atoms with Crippen LogP contribution in [0.4, 0.5) is 0 Å².